The van der Waals surface area contributed by atoms with Gasteiger partial charge in [-0.15, -0.1) is 0 Å². The average molecular weight is 491 g/mol. The van der Waals surface area contributed by atoms with E-state index in [2.05, 4.69) is 20.2 Å². The Bertz CT molecular complexity index is 1320. The smallest absolute Gasteiger partial charge is 0.410 e. The quantitative estimate of drug-likeness (QED) is 0.590. The van der Waals surface area contributed by atoms with E-state index in [1.54, 1.807) is 36.8 Å². The number of nitrogens with zero attached hydrogens (tertiary/aromatic N) is 5. The molecular formula is C22H27FN6O4S. The van der Waals surface area contributed by atoms with Crippen LogP contribution in [-0.4, -0.2) is 70.6 Å². The highest BCUT2D eigenvalue weighted by atomic mass is 32.2. The molecule has 3 heterocycles. The number of benzene rings is 1. The number of likely N-dealkylation sites (tertiary alicyclic amines) is 1. The van der Waals surface area contributed by atoms with E-state index in [9.17, 15) is 13.2 Å². The molecule has 1 aliphatic rings. The number of sulfone groups is 1. The minimum atomic E-state index is -3.59. The van der Waals surface area contributed by atoms with Crippen molar-refractivity contribution in [3.8, 4) is 0 Å². The second kappa shape index (κ2) is 8.82. The Morgan fingerprint density at radius 2 is 2.06 bits per heavy atom. The maximum atomic E-state index is 15.4. The molecule has 2 aromatic heterocycles. The number of hydrogen-bond acceptors (Lipinski definition) is 8. The number of halogens is 1. The molecule has 0 bridgehead atoms. The van der Waals surface area contributed by atoms with Crippen molar-refractivity contribution in [2.45, 2.75) is 50.2 Å². The average Bonchev–Trinajstić information content (AvgIpc) is 3.23. The summed E-state index contributed by atoms with van der Waals surface area (Å²) < 4.78 is 44.8. The van der Waals surface area contributed by atoms with Crippen LogP contribution < -0.4 is 4.90 Å². The zero-order valence-corrected chi connectivity index (χ0v) is 20.3. The number of hydrogen-bond donors (Lipinski definition) is 1. The number of aromatic amines is 1. The summed E-state index contributed by atoms with van der Waals surface area (Å²) in [7, 11) is -3.59. The van der Waals surface area contributed by atoms with E-state index in [0.717, 1.165) is 12.3 Å². The van der Waals surface area contributed by atoms with Crippen LogP contribution in [0, 0.1) is 5.82 Å². The normalized spacial score (nSPS) is 17.1. The van der Waals surface area contributed by atoms with Crippen molar-refractivity contribution in [3.63, 3.8) is 0 Å². The monoisotopic (exact) mass is 490 g/mol. The van der Waals surface area contributed by atoms with Crippen LogP contribution >= 0.6 is 0 Å². The van der Waals surface area contributed by atoms with Gasteiger partial charge in [-0.05, 0) is 51.8 Å². The Morgan fingerprint density at radius 1 is 1.29 bits per heavy atom. The number of amides is 1. The second-order valence-corrected chi connectivity index (χ2v) is 11.3. The maximum Gasteiger partial charge on any atom is 0.410 e. The second-order valence-electron chi connectivity index (χ2n) is 9.31. The van der Waals surface area contributed by atoms with Crippen molar-refractivity contribution in [2.75, 3.05) is 24.2 Å². The Hall–Kier alpha value is -3.28. The number of carbonyl (C=O) groups excluding carboxylic acids is 1. The first kappa shape index (κ1) is 23.9. The molecule has 0 saturated carbocycles. The van der Waals surface area contributed by atoms with Crippen molar-refractivity contribution < 1.29 is 22.3 Å². The van der Waals surface area contributed by atoms with E-state index in [-0.39, 0.29) is 23.2 Å². The van der Waals surface area contributed by atoms with E-state index in [1.807, 2.05) is 0 Å². The summed E-state index contributed by atoms with van der Waals surface area (Å²) in [5.74, 6) is -0.312. The zero-order valence-electron chi connectivity index (χ0n) is 19.4. The van der Waals surface area contributed by atoms with Gasteiger partial charge in [0.25, 0.3) is 0 Å². The number of fused-ring (bicyclic) bond motifs is 1. The summed E-state index contributed by atoms with van der Waals surface area (Å²) in [6.45, 7) is 6.18. The highest BCUT2D eigenvalue weighted by molar-refractivity contribution is 7.90. The lowest BCUT2D eigenvalue weighted by Crippen LogP contribution is -2.50. The predicted molar refractivity (Wildman–Crippen MR) is 124 cm³/mol. The van der Waals surface area contributed by atoms with Crippen LogP contribution in [0.4, 0.5) is 20.7 Å². The molecule has 10 nitrogen and oxygen atoms in total. The molecule has 1 aliphatic heterocycles. The molecule has 1 fully saturated rings. The summed E-state index contributed by atoms with van der Waals surface area (Å²) in [4.78, 5) is 24.5. The van der Waals surface area contributed by atoms with Gasteiger partial charge in [0.15, 0.2) is 15.5 Å². The number of piperidine rings is 1. The summed E-state index contributed by atoms with van der Waals surface area (Å²) >= 11 is 0. The van der Waals surface area contributed by atoms with Crippen molar-refractivity contribution >= 4 is 38.5 Å². The molecule has 0 radical (unpaired) electrons. The fourth-order valence-electron chi connectivity index (χ4n) is 4.00. The van der Waals surface area contributed by atoms with E-state index < -0.39 is 27.3 Å². The van der Waals surface area contributed by atoms with Crippen LogP contribution in [-0.2, 0) is 14.6 Å². The molecule has 1 N–H and O–H groups in total. The van der Waals surface area contributed by atoms with Gasteiger partial charge in [-0.25, -0.2) is 27.6 Å². The first-order valence-corrected chi connectivity index (χ1v) is 12.7. The van der Waals surface area contributed by atoms with Gasteiger partial charge >= 0.3 is 6.09 Å². The predicted octanol–water partition coefficient (Wildman–Crippen LogP) is 3.43. The van der Waals surface area contributed by atoms with Crippen molar-refractivity contribution in [3.05, 3.63) is 36.5 Å². The molecule has 1 aromatic carbocycles. The van der Waals surface area contributed by atoms with Crippen LogP contribution in [0.5, 0.6) is 0 Å². The molecule has 34 heavy (non-hydrogen) atoms. The molecule has 1 saturated heterocycles. The standard InChI is InChI=1S/C22H27FN6O4S/c1-22(2,3)33-21(30)28-9-5-6-14(12-28)29(20-16-11-26-27-19(16)24-13-25-20)18-8-7-15(10-17(18)23)34(4,31)32/h7-8,10-11,13-14H,5-6,9,12H2,1-4H3,(H,24,25,26,27). The molecule has 3 aromatic rings. The number of aromatic nitrogens is 4. The zero-order chi connectivity index (χ0) is 24.7. The Morgan fingerprint density at radius 3 is 2.74 bits per heavy atom. The fourth-order valence-corrected chi connectivity index (χ4v) is 4.63. The lowest BCUT2D eigenvalue weighted by Gasteiger charge is -2.40. The summed E-state index contributed by atoms with van der Waals surface area (Å²) in [6.07, 6.45) is 4.80. The number of nitrogens with one attached hydrogen (secondary N) is 1. The molecule has 1 unspecified atom stereocenters. The van der Waals surface area contributed by atoms with E-state index in [1.165, 1.54) is 18.5 Å². The van der Waals surface area contributed by atoms with Gasteiger partial charge in [-0.3, -0.25) is 5.10 Å². The van der Waals surface area contributed by atoms with E-state index in [0.29, 0.717) is 36.2 Å². The molecule has 1 atom stereocenters. The van der Waals surface area contributed by atoms with Crippen molar-refractivity contribution in [2.24, 2.45) is 0 Å². The van der Waals surface area contributed by atoms with Gasteiger partial charge in [0.1, 0.15) is 23.6 Å². The SMILES string of the molecule is CC(C)(C)OC(=O)N1CCCC(N(c2ccc(S(C)(=O)=O)cc2F)c2ncnc3[nH]ncc23)C1. The lowest BCUT2D eigenvalue weighted by molar-refractivity contribution is 0.0200. The topological polar surface area (TPSA) is 121 Å². The third kappa shape index (κ3) is 4.96. The lowest BCUT2D eigenvalue weighted by atomic mass is 10.0. The number of H-pyrrole nitrogens is 1. The highest BCUT2D eigenvalue weighted by Crippen LogP contribution is 2.36. The van der Waals surface area contributed by atoms with Gasteiger partial charge < -0.3 is 14.5 Å². The maximum absolute atomic E-state index is 15.4. The molecule has 12 heteroatoms. The van der Waals surface area contributed by atoms with Crippen LogP contribution in [0.2, 0.25) is 0 Å². The van der Waals surface area contributed by atoms with Gasteiger partial charge in [0.05, 0.1) is 28.2 Å². The third-order valence-electron chi connectivity index (χ3n) is 5.48. The van der Waals surface area contributed by atoms with Crippen molar-refractivity contribution in [1.82, 2.24) is 25.1 Å². The van der Waals surface area contributed by atoms with Crippen LogP contribution in [0.1, 0.15) is 33.6 Å². The van der Waals surface area contributed by atoms with Gasteiger partial charge in [-0.1, -0.05) is 0 Å². The first-order chi connectivity index (χ1) is 15.9. The number of rotatable bonds is 4. The molecule has 1 amide bonds. The summed E-state index contributed by atoms with van der Waals surface area (Å²) in [5, 5.41) is 7.38. The van der Waals surface area contributed by atoms with Gasteiger partial charge in [0, 0.05) is 19.3 Å². The van der Waals surface area contributed by atoms with Crippen molar-refractivity contribution in [1.29, 1.82) is 0 Å². The van der Waals surface area contributed by atoms with E-state index in [4.69, 9.17) is 4.74 Å². The van der Waals surface area contributed by atoms with Crippen LogP contribution in [0.15, 0.2) is 35.6 Å². The minimum absolute atomic E-state index is 0.121. The summed E-state index contributed by atoms with van der Waals surface area (Å²) in [6, 6.07) is 3.43. The Kier molecular flexibility index (Phi) is 6.19. The molecular weight excluding hydrogens is 463 g/mol. The Balaban J connectivity index is 1.78. The highest BCUT2D eigenvalue weighted by Gasteiger charge is 2.34. The number of ether oxygens (including phenoxy) is 1. The van der Waals surface area contributed by atoms with Gasteiger partial charge in [-0.2, -0.15) is 5.10 Å². The molecule has 0 aliphatic carbocycles. The van der Waals surface area contributed by atoms with Crippen LogP contribution in [0.3, 0.4) is 0 Å². The first-order valence-electron chi connectivity index (χ1n) is 10.8. The minimum Gasteiger partial charge on any atom is -0.444 e. The largest absolute Gasteiger partial charge is 0.444 e. The number of anilines is 2. The fraction of sp³-hybridized carbons (Fsp3) is 0.455. The van der Waals surface area contributed by atoms with E-state index >= 15 is 4.39 Å². The molecule has 0 spiro atoms. The number of carbonyl (C=O) groups is 1. The van der Waals surface area contributed by atoms with Gasteiger partial charge in [0.2, 0.25) is 0 Å². The Labute approximate surface area is 197 Å². The van der Waals surface area contributed by atoms with Crippen LogP contribution in [0.25, 0.3) is 11.0 Å². The third-order valence-corrected chi connectivity index (χ3v) is 6.59. The molecule has 4 rings (SSSR count). The molecule has 182 valence electrons. The summed E-state index contributed by atoms with van der Waals surface area (Å²) in [5.41, 5.74) is -0.0278.